The first-order valence-electron chi connectivity index (χ1n) is 8.90. The zero-order valence-electron chi connectivity index (χ0n) is 15.4. The summed E-state index contributed by atoms with van der Waals surface area (Å²) in [4.78, 5) is 0. The Morgan fingerprint density at radius 3 is 2.00 bits per heavy atom. The standard InChI is InChI=1S/C23H28/c1-15-11-12-19-20(16(15)2)22(5,6)14-23(19)13-21(3,4)17-9-7-8-10-18(17)23/h7-12H,13-14H2,1-6H3. The fourth-order valence-electron chi connectivity index (χ4n) is 5.86. The molecule has 0 heteroatoms. The molecule has 1 unspecified atom stereocenters. The minimum Gasteiger partial charge on any atom is -0.0620 e. The minimum absolute atomic E-state index is 0.206. The Morgan fingerprint density at radius 1 is 0.696 bits per heavy atom. The molecular formula is C23H28. The second-order valence-corrected chi connectivity index (χ2v) is 9.18. The predicted molar refractivity (Wildman–Crippen MR) is 98.4 cm³/mol. The molecule has 1 spiro atoms. The van der Waals surface area contributed by atoms with Crippen LogP contribution >= 0.6 is 0 Å². The largest absolute Gasteiger partial charge is 0.0620 e. The van der Waals surface area contributed by atoms with Gasteiger partial charge < -0.3 is 0 Å². The van der Waals surface area contributed by atoms with Gasteiger partial charge in [-0.15, -0.1) is 0 Å². The first kappa shape index (κ1) is 15.0. The van der Waals surface area contributed by atoms with Gasteiger partial charge in [-0.2, -0.15) is 0 Å². The van der Waals surface area contributed by atoms with Crippen LogP contribution in [-0.2, 0) is 16.2 Å². The van der Waals surface area contributed by atoms with Crippen LogP contribution in [0.25, 0.3) is 0 Å². The van der Waals surface area contributed by atoms with Crippen LogP contribution in [-0.4, -0.2) is 0 Å². The summed E-state index contributed by atoms with van der Waals surface area (Å²) in [5.41, 5.74) is 10.0. The molecule has 0 nitrogen and oxygen atoms in total. The van der Waals surface area contributed by atoms with Crippen molar-refractivity contribution < 1.29 is 0 Å². The SMILES string of the molecule is Cc1ccc2c(c1C)C(C)(C)CC21CC(C)(C)c2ccccc21. The van der Waals surface area contributed by atoms with Gasteiger partial charge >= 0.3 is 0 Å². The average Bonchev–Trinajstić information content (AvgIpc) is 2.83. The molecule has 0 heterocycles. The molecule has 2 aromatic carbocycles. The quantitative estimate of drug-likeness (QED) is 0.564. The molecule has 0 aliphatic heterocycles. The van der Waals surface area contributed by atoms with Crippen molar-refractivity contribution in [2.75, 3.05) is 0 Å². The van der Waals surface area contributed by atoms with Crippen LogP contribution in [0, 0.1) is 13.8 Å². The third kappa shape index (κ3) is 1.78. The number of hydrogen-bond donors (Lipinski definition) is 0. The van der Waals surface area contributed by atoms with Crippen molar-refractivity contribution in [2.45, 2.75) is 70.6 Å². The lowest BCUT2D eigenvalue weighted by Crippen LogP contribution is -2.26. The first-order chi connectivity index (χ1) is 10.7. The van der Waals surface area contributed by atoms with Crippen LogP contribution in [0.4, 0.5) is 0 Å². The molecule has 4 rings (SSSR count). The van der Waals surface area contributed by atoms with Crippen LogP contribution < -0.4 is 0 Å². The van der Waals surface area contributed by atoms with E-state index in [1.807, 2.05) is 0 Å². The Labute approximate surface area is 140 Å². The molecule has 2 aliphatic carbocycles. The van der Waals surface area contributed by atoms with Crippen molar-refractivity contribution in [3.8, 4) is 0 Å². The summed E-state index contributed by atoms with van der Waals surface area (Å²) < 4.78 is 0. The van der Waals surface area contributed by atoms with Gasteiger partial charge in [0.2, 0.25) is 0 Å². The normalized spacial score (nSPS) is 26.3. The summed E-state index contributed by atoms with van der Waals surface area (Å²) in [6.45, 7) is 14.3. The van der Waals surface area contributed by atoms with Crippen molar-refractivity contribution in [1.82, 2.24) is 0 Å². The lowest BCUT2D eigenvalue weighted by molar-refractivity contribution is 0.349. The van der Waals surface area contributed by atoms with Gasteiger partial charge in [0.1, 0.15) is 0 Å². The Bertz CT molecular complexity index is 807. The molecule has 1 atom stereocenters. The molecule has 0 fully saturated rings. The molecule has 0 aromatic heterocycles. The molecule has 0 bridgehead atoms. The third-order valence-electron chi connectivity index (χ3n) is 6.59. The molecule has 23 heavy (non-hydrogen) atoms. The van der Waals surface area contributed by atoms with Gasteiger partial charge in [-0.3, -0.25) is 0 Å². The van der Waals surface area contributed by atoms with E-state index in [1.54, 1.807) is 22.3 Å². The van der Waals surface area contributed by atoms with E-state index in [2.05, 4.69) is 77.9 Å². The highest BCUT2D eigenvalue weighted by Crippen LogP contribution is 2.63. The molecule has 0 saturated heterocycles. The first-order valence-corrected chi connectivity index (χ1v) is 8.90. The van der Waals surface area contributed by atoms with Gasteiger partial charge in [-0.05, 0) is 70.9 Å². The topological polar surface area (TPSA) is 0 Å². The number of aryl methyl sites for hydroxylation is 1. The van der Waals surface area contributed by atoms with Gasteiger partial charge in [-0.1, -0.05) is 64.1 Å². The van der Waals surface area contributed by atoms with Crippen molar-refractivity contribution in [2.24, 2.45) is 0 Å². The Morgan fingerprint density at radius 2 is 1.30 bits per heavy atom. The van der Waals surface area contributed by atoms with E-state index < -0.39 is 0 Å². The summed E-state index contributed by atoms with van der Waals surface area (Å²) in [5.74, 6) is 0. The Hall–Kier alpha value is -1.56. The maximum atomic E-state index is 2.45. The fraction of sp³-hybridized carbons (Fsp3) is 0.478. The average molecular weight is 304 g/mol. The van der Waals surface area contributed by atoms with Crippen molar-refractivity contribution in [3.63, 3.8) is 0 Å². The minimum atomic E-state index is 0.206. The highest BCUT2D eigenvalue weighted by atomic mass is 14.6. The maximum Gasteiger partial charge on any atom is 0.0225 e. The summed E-state index contributed by atoms with van der Waals surface area (Å²) in [7, 11) is 0. The van der Waals surface area contributed by atoms with Crippen molar-refractivity contribution >= 4 is 0 Å². The highest BCUT2D eigenvalue weighted by molar-refractivity contribution is 5.61. The van der Waals surface area contributed by atoms with Crippen LogP contribution in [0.3, 0.4) is 0 Å². The van der Waals surface area contributed by atoms with Crippen molar-refractivity contribution in [3.05, 3.63) is 69.8 Å². The second-order valence-electron chi connectivity index (χ2n) is 9.18. The van der Waals surface area contributed by atoms with E-state index in [4.69, 9.17) is 0 Å². The van der Waals surface area contributed by atoms with Crippen LogP contribution in [0.15, 0.2) is 36.4 Å². The zero-order chi connectivity index (χ0) is 16.6. The molecule has 2 aromatic rings. The fourth-order valence-corrected chi connectivity index (χ4v) is 5.86. The summed E-state index contributed by atoms with van der Waals surface area (Å²) in [6, 6.07) is 14.0. The molecular weight excluding hydrogens is 276 g/mol. The van der Waals surface area contributed by atoms with Gasteiger partial charge in [0.25, 0.3) is 0 Å². The third-order valence-corrected chi connectivity index (χ3v) is 6.59. The molecule has 0 saturated carbocycles. The lowest BCUT2D eigenvalue weighted by atomic mass is 9.72. The number of benzene rings is 2. The van der Waals surface area contributed by atoms with E-state index in [1.165, 1.54) is 24.0 Å². The molecule has 0 amide bonds. The summed E-state index contributed by atoms with van der Waals surface area (Å²) in [6.07, 6.45) is 2.47. The molecule has 2 aliphatic rings. The smallest absolute Gasteiger partial charge is 0.0225 e. The molecule has 120 valence electrons. The van der Waals surface area contributed by atoms with E-state index in [0.29, 0.717) is 0 Å². The van der Waals surface area contributed by atoms with Gasteiger partial charge in [0.05, 0.1) is 0 Å². The summed E-state index contributed by atoms with van der Waals surface area (Å²) >= 11 is 0. The summed E-state index contributed by atoms with van der Waals surface area (Å²) in [5, 5.41) is 0. The van der Waals surface area contributed by atoms with Gasteiger partial charge in [0.15, 0.2) is 0 Å². The number of rotatable bonds is 0. The second kappa shape index (κ2) is 4.29. The van der Waals surface area contributed by atoms with Crippen molar-refractivity contribution in [1.29, 1.82) is 0 Å². The Balaban J connectivity index is 2.06. The van der Waals surface area contributed by atoms with Crippen LogP contribution in [0.2, 0.25) is 0 Å². The zero-order valence-corrected chi connectivity index (χ0v) is 15.4. The van der Waals surface area contributed by atoms with E-state index >= 15 is 0 Å². The van der Waals surface area contributed by atoms with E-state index in [9.17, 15) is 0 Å². The van der Waals surface area contributed by atoms with Crippen LogP contribution in [0.1, 0.15) is 73.9 Å². The van der Waals surface area contributed by atoms with E-state index in [-0.39, 0.29) is 16.2 Å². The molecule has 0 N–H and O–H groups in total. The number of fused-ring (bicyclic) bond motifs is 4. The maximum absolute atomic E-state index is 2.45. The Kier molecular flexibility index (Phi) is 2.80. The lowest BCUT2D eigenvalue weighted by Gasteiger charge is -2.30. The predicted octanol–water partition coefficient (Wildman–Crippen LogP) is 5.95. The van der Waals surface area contributed by atoms with E-state index in [0.717, 1.165) is 0 Å². The van der Waals surface area contributed by atoms with Crippen LogP contribution in [0.5, 0.6) is 0 Å². The van der Waals surface area contributed by atoms with Gasteiger partial charge in [-0.25, -0.2) is 0 Å². The number of hydrogen-bond acceptors (Lipinski definition) is 0. The van der Waals surface area contributed by atoms with Gasteiger partial charge in [0, 0.05) is 5.41 Å². The monoisotopic (exact) mass is 304 g/mol. The molecule has 0 radical (unpaired) electrons. The highest BCUT2D eigenvalue weighted by Gasteiger charge is 2.56.